The molecule has 2 aromatic carbocycles. The standard InChI is InChI=1S/C22H14F5N5O2/c1-10-19(31-16-5-2-11(23)6-14(16)20(10)33)21(28)32-18-9-29-17(8-30-18)13-4-3-12(7-15(13)24)34-22(25,26)27/h2-9H,1H3,(H,31,33)(H2,28,30,32). The Balaban J connectivity index is 1.63. The predicted octanol–water partition coefficient (Wildman–Crippen LogP) is 4.51. The predicted molar refractivity (Wildman–Crippen MR) is 114 cm³/mol. The minimum absolute atomic E-state index is 0.0261. The number of nitrogens with two attached hydrogens (primary N) is 1. The van der Waals surface area contributed by atoms with E-state index in [-0.39, 0.29) is 39.6 Å². The summed E-state index contributed by atoms with van der Waals surface area (Å²) < 4.78 is 68.3. The number of aliphatic imine (C=N–C) groups is 1. The third-order valence-corrected chi connectivity index (χ3v) is 4.78. The second-order valence-corrected chi connectivity index (χ2v) is 7.09. The van der Waals surface area contributed by atoms with Crippen LogP contribution in [0, 0.1) is 18.6 Å². The van der Waals surface area contributed by atoms with Crippen molar-refractivity contribution >= 4 is 22.6 Å². The molecular weight excluding hydrogens is 461 g/mol. The number of aromatic amines is 1. The fraction of sp³-hybridized carbons (Fsp3) is 0.0909. The van der Waals surface area contributed by atoms with Crippen molar-refractivity contribution in [1.29, 1.82) is 0 Å². The minimum Gasteiger partial charge on any atom is -0.406 e. The first-order valence-corrected chi connectivity index (χ1v) is 9.56. The number of nitrogens with zero attached hydrogens (tertiary/aromatic N) is 3. The van der Waals surface area contributed by atoms with Crippen LogP contribution in [0.3, 0.4) is 0 Å². The SMILES string of the molecule is Cc1c(C(N)=Nc2cnc(-c3ccc(OC(F)(F)F)cc3F)cn2)[nH]c2ccc(F)cc2c1=O. The number of alkyl halides is 3. The Hall–Kier alpha value is -4.35. The Kier molecular flexibility index (Phi) is 5.73. The summed E-state index contributed by atoms with van der Waals surface area (Å²) in [7, 11) is 0. The van der Waals surface area contributed by atoms with Gasteiger partial charge in [0.05, 0.1) is 29.3 Å². The van der Waals surface area contributed by atoms with Crippen LogP contribution < -0.4 is 15.9 Å². The molecule has 2 aromatic heterocycles. The lowest BCUT2D eigenvalue weighted by Gasteiger charge is -2.10. The van der Waals surface area contributed by atoms with Gasteiger partial charge in [0.1, 0.15) is 23.2 Å². The molecule has 0 fully saturated rings. The summed E-state index contributed by atoms with van der Waals surface area (Å²) in [6.07, 6.45) is -2.61. The van der Waals surface area contributed by atoms with Crippen molar-refractivity contribution in [3.05, 3.63) is 81.9 Å². The second kappa shape index (κ2) is 8.54. The van der Waals surface area contributed by atoms with E-state index in [2.05, 4.69) is 24.7 Å². The number of aromatic nitrogens is 3. The highest BCUT2D eigenvalue weighted by Crippen LogP contribution is 2.28. The smallest absolute Gasteiger partial charge is 0.406 e. The molecule has 12 heteroatoms. The largest absolute Gasteiger partial charge is 0.573 e. The van der Waals surface area contributed by atoms with Gasteiger partial charge in [0.25, 0.3) is 0 Å². The molecule has 0 aliphatic rings. The van der Waals surface area contributed by atoms with Crippen molar-refractivity contribution < 1.29 is 26.7 Å². The molecule has 4 aromatic rings. The average Bonchev–Trinajstić information content (AvgIpc) is 2.76. The highest BCUT2D eigenvalue weighted by atomic mass is 19.4. The number of rotatable bonds is 4. The molecule has 0 atom stereocenters. The van der Waals surface area contributed by atoms with Crippen molar-refractivity contribution in [2.75, 3.05) is 0 Å². The topological polar surface area (TPSA) is 106 Å². The third-order valence-electron chi connectivity index (χ3n) is 4.78. The number of fused-ring (bicyclic) bond motifs is 1. The lowest BCUT2D eigenvalue weighted by molar-refractivity contribution is -0.274. The van der Waals surface area contributed by atoms with Gasteiger partial charge < -0.3 is 15.5 Å². The first-order valence-electron chi connectivity index (χ1n) is 9.56. The molecule has 0 unspecified atom stereocenters. The van der Waals surface area contributed by atoms with Gasteiger partial charge in [0, 0.05) is 22.6 Å². The van der Waals surface area contributed by atoms with Crippen LogP contribution in [0.25, 0.3) is 22.2 Å². The molecule has 174 valence electrons. The second-order valence-electron chi connectivity index (χ2n) is 7.09. The number of ether oxygens (including phenoxy) is 1. The van der Waals surface area contributed by atoms with Crippen LogP contribution in [0.15, 0.2) is 58.6 Å². The van der Waals surface area contributed by atoms with Crippen LogP contribution in [0.2, 0.25) is 0 Å². The average molecular weight is 475 g/mol. The summed E-state index contributed by atoms with van der Waals surface area (Å²) in [5.74, 6) is -2.33. The molecule has 2 heterocycles. The Morgan fingerprint density at radius 3 is 2.50 bits per heavy atom. The molecule has 0 saturated heterocycles. The van der Waals surface area contributed by atoms with Crippen LogP contribution >= 0.6 is 0 Å². The van der Waals surface area contributed by atoms with Gasteiger partial charge in [-0.15, -0.1) is 13.2 Å². The van der Waals surface area contributed by atoms with Gasteiger partial charge in [0.2, 0.25) is 0 Å². The summed E-state index contributed by atoms with van der Waals surface area (Å²) in [5.41, 5.74) is 6.32. The zero-order valence-electron chi connectivity index (χ0n) is 17.2. The number of hydrogen-bond donors (Lipinski definition) is 2. The quantitative estimate of drug-likeness (QED) is 0.257. The molecule has 0 radical (unpaired) electrons. The van der Waals surface area contributed by atoms with Crippen molar-refractivity contribution in [2.45, 2.75) is 13.3 Å². The lowest BCUT2D eigenvalue weighted by Crippen LogP contribution is -2.22. The molecule has 3 N–H and O–H groups in total. The zero-order chi connectivity index (χ0) is 24.6. The van der Waals surface area contributed by atoms with Gasteiger partial charge in [0.15, 0.2) is 11.2 Å². The van der Waals surface area contributed by atoms with Gasteiger partial charge in [-0.25, -0.2) is 18.8 Å². The van der Waals surface area contributed by atoms with Gasteiger partial charge in [-0.1, -0.05) is 0 Å². The summed E-state index contributed by atoms with van der Waals surface area (Å²) in [6, 6.07) is 6.31. The summed E-state index contributed by atoms with van der Waals surface area (Å²) >= 11 is 0. The van der Waals surface area contributed by atoms with Gasteiger partial charge in [-0.05, 0) is 37.3 Å². The number of pyridine rings is 1. The molecule has 0 bridgehead atoms. The number of H-pyrrole nitrogens is 1. The molecular formula is C22H14F5N5O2. The van der Waals surface area contributed by atoms with E-state index in [1.807, 2.05) is 0 Å². The van der Waals surface area contributed by atoms with Gasteiger partial charge in [-0.2, -0.15) is 0 Å². The van der Waals surface area contributed by atoms with E-state index in [0.717, 1.165) is 24.4 Å². The number of halogens is 5. The van der Waals surface area contributed by atoms with Crippen molar-refractivity contribution in [3.8, 4) is 17.0 Å². The van der Waals surface area contributed by atoms with E-state index < -0.39 is 29.2 Å². The lowest BCUT2D eigenvalue weighted by atomic mass is 10.1. The Bertz CT molecular complexity index is 1480. The maximum atomic E-state index is 14.3. The normalized spacial score (nSPS) is 12.2. The maximum absolute atomic E-state index is 14.3. The highest BCUT2D eigenvalue weighted by Gasteiger charge is 2.31. The first kappa shape index (κ1) is 22.8. The molecule has 0 aliphatic heterocycles. The Morgan fingerprint density at radius 2 is 1.85 bits per heavy atom. The van der Waals surface area contributed by atoms with E-state index >= 15 is 0 Å². The Morgan fingerprint density at radius 1 is 1.09 bits per heavy atom. The van der Waals surface area contributed by atoms with Gasteiger partial charge >= 0.3 is 6.36 Å². The number of nitrogens with one attached hydrogen (secondary N) is 1. The first-order chi connectivity index (χ1) is 16.0. The summed E-state index contributed by atoms with van der Waals surface area (Å²) in [4.78, 5) is 27.6. The number of hydrogen-bond acceptors (Lipinski definition) is 5. The molecule has 0 aliphatic carbocycles. The van der Waals surface area contributed by atoms with E-state index in [1.165, 1.54) is 25.3 Å². The summed E-state index contributed by atoms with van der Waals surface area (Å²) in [5, 5.41) is 0.159. The molecule has 0 spiro atoms. The Labute approximate surface area is 187 Å². The number of amidine groups is 1. The van der Waals surface area contributed by atoms with E-state index in [0.29, 0.717) is 11.6 Å². The fourth-order valence-corrected chi connectivity index (χ4v) is 3.21. The van der Waals surface area contributed by atoms with Crippen LogP contribution in [-0.4, -0.2) is 27.1 Å². The van der Waals surface area contributed by atoms with E-state index in [4.69, 9.17) is 5.73 Å². The van der Waals surface area contributed by atoms with Crippen LogP contribution in [0.5, 0.6) is 5.75 Å². The van der Waals surface area contributed by atoms with E-state index in [1.54, 1.807) is 0 Å². The van der Waals surface area contributed by atoms with Crippen LogP contribution in [0.1, 0.15) is 11.3 Å². The van der Waals surface area contributed by atoms with Gasteiger partial charge in [-0.3, -0.25) is 9.78 Å². The van der Waals surface area contributed by atoms with Crippen LogP contribution in [-0.2, 0) is 0 Å². The number of benzene rings is 2. The minimum atomic E-state index is -4.95. The highest BCUT2D eigenvalue weighted by molar-refractivity contribution is 6.00. The molecule has 34 heavy (non-hydrogen) atoms. The molecule has 4 rings (SSSR count). The maximum Gasteiger partial charge on any atom is 0.573 e. The molecule has 0 amide bonds. The van der Waals surface area contributed by atoms with Crippen molar-refractivity contribution in [2.24, 2.45) is 10.7 Å². The van der Waals surface area contributed by atoms with Crippen molar-refractivity contribution in [1.82, 2.24) is 15.0 Å². The zero-order valence-corrected chi connectivity index (χ0v) is 17.2. The molecule has 0 saturated carbocycles. The van der Waals surface area contributed by atoms with Crippen molar-refractivity contribution in [3.63, 3.8) is 0 Å². The monoisotopic (exact) mass is 475 g/mol. The van der Waals surface area contributed by atoms with E-state index in [9.17, 15) is 26.7 Å². The fourth-order valence-electron chi connectivity index (χ4n) is 3.21. The third kappa shape index (κ3) is 4.70. The van der Waals surface area contributed by atoms with Crippen LogP contribution in [0.4, 0.5) is 27.8 Å². The molecule has 7 nitrogen and oxygen atoms in total. The summed E-state index contributed by atoms with van der Waals surface area (Å²) in [6.45, 7) is 1.50.